The Labute approximate surface area is 186 Å². The average Bonchev–Trinajstić information content (AvgIpc) is 3.27. The molecule has 1 N–H and O–H groups in total. The topological polar surface area (TPSA) is 43.4 Å². The number of hydrogen-bond acceptors (Lipinski definition) is 4. The molecule has 1 spiro atoms. The Morgan fingerprint density at radius 2 is 1.94 bits per heavy atom. The molecule has 2 heterocycles. The second kappa shape index (κ2) is 8.76. The number of aromatic nitrogens is 1. The van der Waals surface area contributed by atoms with Gasteiger partial charge in [0.1, 0.15) is 5.76 Å². The van der Waals surface area contributed by atoms with Gasteiger partial charge in [-0.2, -0.15) is 0 Å². The second-order valence-corrected chi connectivity index (χ2v) is 9.51. The Bertz CT molecular complexity index is 920. The van der Waals surface area contributed by atoms with Gasteiger partial charge in [-0.1, -0.05) is 43.2 Å². The minimum absolute atomic E-state index is 0.0727. The fourth-order valence-corrected chi connectivity index (χ4v) is 6.16. The van der Waals surface area contributed by atoms with Gasteiger partial charge in [-0.15, -0.1) is 0 Å². The molecule has 1 aromatic carbocycles. The number of fused-ring (bicyclic) bond motifs is 1. The first-order chi connectivity index (χ1) is 15.2. The van der Waals surface area contributed by atoms with Crippen LogP contribution in [0, 0.1) is 0 Å². The normalized spacial score (nSPS) is 27.0. The number of ether oxygens (including phenoxy) is 2. The number of benzene rings is 1. The quantitative estimate of drug-likeness (QED) is 0.667. The molecule has 2 aromatic rings. The average molecular weight is 419 g/mol. The molecule has 0 radical (unpaired) electrons. The summed E-state index contributed by atoms with van der Waals surface area (Å²) < 4.78 is 12.0. The molecular formula is C27H34N2O2. The highest BCUT2D eigenvalue weighted by Gasteiger charge is 2.48. The van der Waals surface area contributed by atoms with Crippen molar-refractivity contribution >= 4 is 5.76 Å². The third kappa shape index (κ3) is 4.04. The second-order valence-electron chi connectivity index (χ2n) is 9.51. The molecular weight excluding hydrogens is 384 g/mol. The van der Waals surface area contributed by atoms with E-state index in [9.17, 15) is 0 Å². The zero-order chi connectivity index (χ0) is 21.2. The summed E-state index contributed by atoms with van der Waals surface area (Å²) in [5.41, 5.74) is 3.97. The fraction of sp³-hybridized carbons (Fsp3) is 0.519. The summed E-state index contributed by atoms with van der Waals surface area (Å²) in [5.74, 6) is 0.992. The van der Waals surface area contributed by atoms with Gasteiger partial charge in [0.25, 0.3) is 0 Å². The van der Waals surface area contributed by atoms with Gasteiger partial charge < -0.3 is 14.8 Å². The maximum absolute atomic E-state index is 6.40. The van der Waals surface area contributed by atoms with E-state index in [1.165, 1.54) is 42.5 Å². The van der Waals surface area contributed by atoms with Gasteiger partial charge in [-0.3, -0.25) is 4.98 Å². The summed E-state index contributed by atoms with van der Waals surface area (Å²) in [6.07, 6.45) is 13.4. The van der Waals surface area contributed by atoms with Crippen LogP contribution in [0.3, 0.4) is 0 Å². The molecule has 2 fully saturated rings. The molecule has 1 saturated heterocycles. The first-order valence-corrected chi connectivity index (χ1v) is 11.9. The van der Waals surface area contributed by atoms with Gasteiger partial charge in [-0.05, 0) is 68.8 Å². The fourth-order valence-electron chi connectivity index (χ4n) is 6.16. The summed E-state index contributed by atoms with van der Waals surface area (Å²) in [5, 5.41) is 3.87. The van der Waals surface area contributed by atoms with Crippen molar-refractivity contribution < 1.29 is 9.47 Å². The monoisotopic (exact) mass is 418 g/mol. The molecule has 2 atom stereocenters. The van der Waals surface area contributed by atoms with E-state index in [4.69, 9.17) is 14.5 Å². The van der Waals surface area contributed by atoms with Crippen LogP contribution < -0.4 is 5.32 Å². The first-order valence-electron chi connectivity index (χ1n) is 11.9. The maximum Gasteiger partial charge on any atom is 0.122 e. The van der Waals surface area contributed by atoms with Crippen LogP contribution in [0.4, 0.5) is 0 Å². The van der Waals surface area contributed by atoms with Gasteiger partial charge in [0.05, 0.1) is 12.7 Å². The summed E-state index contributed by atoms with van der Waals surface area (Å²) in [7, 11) is 1.76. The molecule has 31 heavy (non-hydrogen) atoms. The molecule has 1 aliphatic heterocycles. The number of rotatable bonds is 6. The zero-order valence-corrected chi connectivity index (χ0v) is 18.6. The van der Waals surface area contributed by atoms with Crippen LogP contribution in [0.2, 0.25) is 0 Å². The summed E-state index contributed by atoms with van der Waals surface area (Å²) in [6, 6.07) is 15.3. The molecule has 0 bridgehead atoms. The van der Waals surface area contributed by atoms with E-state index < -0.39 is 0 Å². The van der Waals surface area contributed by atoms with Crippen LogP contribution in [0.25, 0.3) is 5.76 Å². The number of hydrogen-bond donors (Lipinski definition) is 1. The van der Waals surface area contributed by atoms with Gasteiger partial charge >= 0.3 is 0 Å². The molecule has 0 unspecified atom stereocenters. The first kappa shape index (κ1) is 20.7. The van der Waals surface area contributed by atoms with Crippen molar-refractivity contribution in [1.29, 1.82) is 0 Å². The van der Waals surface area contributed by atoms with E-state index in [0.717, 1.165) is 44.6 Å². The van der Waals surface area contributed by atoms with Gasteiger partial charge in [0, 0.05) is 35.5 Å². The summed E-state index contributed by atoms with van der Waals surface area (Å²) in [6.45, 7) is 1.82. The Hall–Kier alpha value is -2.17. The number of nitrogens with one attached hydrogen (secondary N) is 1. The number of methoxy groups -OCH3 is 1. The van der Waals surface area contributed by atoms with Crippen LogP contribution in [0.1, 0.15) is 74.2 Å². The molecule has 164 valence electrons. The minimum atomic E-state index is 0.0727. The highest BCUT2D eigenvalue weighted by molar-refractivity contribution is 5.65. The maximum atomic E-state index is 6.40. The predicted octanol–water partition coefficient (Wildman–Crippen LogP) is 5.55. The van der Waals surface area contributed by atoms with Crippen molar-refractivity contribution in [1.82, 2.24) is 10.3 Å². The molecule has 2 aliphatic carbocycles. The standard InChI is InChI=1S/C27H34N2O2/c1-30-24-12-11-23(21-8-2-3-9-22(21)24)28-18-15-26(25-10-4-7-17-29-25)16-19-31-27(20-26)13-5-6-14-27/h2-4,7-10,12,17,23,28H,5-6,11,13-16,18-20H2,1H3/t23-,26+/m0/s1. The summed E-state index contributed by atoms with van der Waals surface area (Å²) in [4.78, 5) is 4.84. The Kier molecular flexibility index (Phi) is 5.85. The van der Waals surface area contributed by atoms with Crippen molar-refractivity contribution in [2.75, 3.05) is 20.3 Å². The van der Waals surface area contributed by atoms with Gasteiger partial charge in [-0.25, -0.2) is 0 Å². The lowest BCUT2D eigenvalue weighted by molar-refractivity contribution is -0.104. The Morgan fingerprint density at radius 1 is 1.10 bits per heavy atom. The van der Waals surface area contributed by atoms with E-state index in [2.05, 4.69) is 47.8 Å². The van der Waals surface area contributed by atoms with E-state index in [1.54, 1.807) is 7.11 Å². The van der Waals surface area contributed by atoms with Gasteiger partial charge in [0.2, 0.25) is 0 Å². The van der Waals surface area contributed by atoms with E-state index in [0.29, 0.717) is 6.04 Å². The van der Waals surface area contributed by atoms with Crippen LogP contribution in [-0.2, 0) is 14.9 Å². The zero-order valence-electron chi connectivity index (χ0n) is 18.6. The molecule has 4 heteroatoms. The highest BCUT2D eigenvalue weighted by atomic mass is 16.5. The molecule has 1 saturated carbocycles. The van der Waals surface area contributed by atoms with Crippen molar-refractivity contribution in [3.63, 3.8) is 0 Å². The lowest BCUT2D eigenvalue weighted by Crippen LogP contribution is -2.47. The third-order valence-electron chi connectivity index (χ3n) is 7.73. The SMILES string of the molecule is COC1=CC[C@H](NCC[C@@]2(c3ccccn3)CCOC3(CCCC3)C2)c2ccccc21. The smallest absolute Gasteiger partial charge is 0.122 e. The number of nitrogens with zero attached hydrogens (tertiary/aromatic N) is 1. The largest absolute Gasteiger partial charge is 0.496 e. The van der Waals surface area contributed by atoms with Crippen LogP contribution >= 0.6 is 0 Å². The van der Waals surface area contributed by atoms with Crippen molar-refractivity contribution in [3.05, 3.63) is 71.6 Å². The lowest BCUT2D eigenvalue weighted by atomic mass is 9.68. The predicted molar refractivity (Wildman–Crippen MR) is 124 cm³/mol. The van der Waals surface area contributed by atoms with E-state index in [-0.39, 0.29) is 11.0 Å². The van der Waals surface area contributed by atoms with E-state index >= 15 is 0 Å². The summed E-state index contributed by atoms with van der Waals surface area (Å²) >= 11 is 0. The number of pyridine rings is 1. The molecule has 1 aromatic heterocycles. The van der Waals surface area contributed by atoms with E-state index in [1.807, 2.05) is 12.3 Å². The lowest BCUT2D eigenvalue weighted by Gasteiger charge is -2.46. The minimum Gasteiger partial charge on any atom is -0.496 e. The van der Waals surface area contributed by atoms with Crippen LogP contribution in [-0.4, -0.2) is 30.8 Å². The molecule has 4 nitrogen and oxygen atoms in total. The van der Waals surface area contributed by atoms with Crippen molar-refractivity contribution in [2.45, 2.75) is 68.4 Å². The Morgan fingerprint density at radius 3 is 2.74 bits per heavy atom. The van der Waals surface area contributed by atoms with Crippen LogP contribution in [0.15, 0.2) is 54.7 Å². The third-order valence-corrected chi connectivity index (χ3v) is 7.73. The van der Waals surface area contributed by atoms with Gasteiger partial charge in [0.15, 0.2) is 0 Å². The van der Waals surface area contributed by atoms with Crippen LogP contribution in [0.5, 0.6) is 0 Å². The highest BCUT2D eigenvalue weighted by Crippen LogP contribution is 2.49. The van der Waals surface area contributed by atoms with Crippen molar-refractivity contribution in [3.8, 4) is 0 Å². The molecule has 5 rings (SSSR count). The Balaban J connectivity index is 1.34. The molecule has 0 amide bonds. The molecule has 3 aliphatic rings. The van der Waals surface area contributed by atoms with Crippen molar-refractivity contribution in [2.24, 2.45) is 0 Å².